The Morgan fingerprint density at radius 3 is 2.85 bits per heavy atom. The largest absolute Gasteiger partial charge is 0.384 e. The molecule has 0 saturated heterocycles. The second-order valence-electron chi connectivity index (χ2n) is 5.41. The van der Waals surface area contributed by atoms with Gasteiger partial charge < -0.3 is 5.73 Å². The van der Waals surface area contributed by atoms with Crippen molar-refractivity contribution < 1.29 is 8.42 Å². The minimum absolute atomic E-state index is 0.459. The van der Waals surface area contributed by atoms with Gasteiger partial charge in [0.2, 0.25) is 10.0 Å². The summed E-state index contributed by atoms with van der Waals surface area (Å²) in [6.07, 6.45) is 5.57. The number of nitrogen functional groups attached to an aromatic ring is 1. The van der Waals surface area contributed by atoms with Gasteiger partial charge in [-0.25, -0.2) is 18.4 Å². The van der Waals surface area contributed by atoms with Crippen LogP contribution in [0.2, 0.25) is 0 Å². The quantitative estimate of drug-likeness (QED) is 0.336. The van der Waals surface area contributed by atoms with Crippen molar-refractivity contribution in [1.29, 1.82) is 0 Å². The van der Waals surface area contributed by atoms with Crippen LogP contribution in [0.3, 0.4) is 0 Å². The molecule has 0 aliphatic heterocycles. The van der Waals surface area contributed by atoms with E-state index in [2.05, 4.69) is 19.7 Å². The third kappa shape index (κ3) is 5.00. The van der Waals surface area contributed by atoms with E-state index in [1.54, 1.807) is 17.6 Å². The normalized spacial score (nSPS) is 11.8. The molecule has 3 aromatic rings. The first-order valence-electron chi connectivity index (χ1n) is 7.49. The summed E-state index contributed by atoms with van der Waals surface area (Å²) in [5, 5.41) is 4.14. The fraction of sp³-hybridized carbons (Fsp3) is 0.267. The minimum atomic E-state index is -3.31. The van der Waals surface area contributed by atoms with Crippen LogP contribution in [0.4, 0.5) is 11.5 Å². The van der Waals surface area contributed by atoms with Crippen molar-refractivity contribution >= 4 is 66.5 Å². The molecule has 3 N–H and O–H groups in total. The highest BCUT2D eigenvalue weighted by Gasteiger charge is 2.10. The molecule has 0 amide bonds. The van der Waals surface area contributed by atoms with Gasteiger partial charge in [0, 0.05) is 34.5 Å². The van der Waals surface area contributed by atoms with Gasteiger partial charge in [0.25, 0.3) is 0 Å². The maximum Gasteiger partial charge on any atom is 0.229 e. The van der Waals surface area contributed by atoms with Gasteiger partial charge in [-0.15, -0.1) is 23.1 Å². The number of aryl methyl sites for hydroxylation is 1. The zero-order valence-corrected chi connectivity index (χ0v) is 17.4. The van der Waals surface area contributed by atoms with E-state index in [9.17, 15) is 8.42 Å². The Bertz CT molecular complexity index is 1040. The summed E-state index contributed by atoms with van der Waals surface area (Å²) in [5.41, 5.74) is 7.26. The summed E-state index contributed by atoms with van der Waals surface area (Å²) in [7, 11) is -3.31. The molecule has 3 rings (SSSR count). The Morgan fingerprint density at radius 1 is 1.31 bits per heavy atom. The van der Waals surface area contributed by atoms with Crippen LogP contribution in [-0.2, 0) is 16.4 Å². The summed E-state index contributed by atoms with van der Waals surface area (Å²) >= 11 is 4.50. The molecule has 0 radical (unpaired) electrons. The average molecular weight is 428 g/mol. The Morgan fingerprint density at radius 2 is 2.12 bits per heavy atom. The second kappa shape index (κ2) is 7.99. The van der Waals surface area contributed by atoms with E-state index >= 15 is 0 Å². The average Bonchev–Trinajstić information content (AvgIpc) is 2.95. The van der Waals surface area contributed by atoms with Gasteiger partial charge in [0.15, 0.2) is 5.16 Å². The van der Waals surface area contributed by atoms with Crippen LogP contribution < -0.4 is 10.5 Å². The van der Waals surface area contributed by atoms with Crippen LogP contribution in [0, 0.1) is 0 Å². The standard InChI is InChI=1S/C15H17N5O2S4/c1-23-14-6-13(16)18-15(19-14)24-4-3-9-5-10-11(20-26(2,21)22)8-25-12(10)7-17-9/h5-8,20H,3-4H2,1-2H3,(H2,16,18,19). The fourth-order valence-electron chi connectivity index (χ4n) is 2.23. The number of pyridine rings is 1. The fourth-order valence-corrected chi connectivity index (χ4v) is 5.01. The summed E-state index contributed by atoms with van der Waals surface area (Å²) in [6.45, 7) is 0. The summed E-state index contributed by atoms with van der Waals surface area (Å²) in [5.74, 6) is 1.20. The molecule has 26 heavy (non-hydrogen) atoms. The molecule has 0 fully saturated rings. The third-order valence-corrected chi connectivity index (χ3v) is 6.31. The predicted octanol–water partition coefficient (Wildman–Crippen LogP) is 3.10. The van der Waals surface area contributed by atoms with E-state index in [1.807, 2.05) is 12.3 Å². The number of thiophene rings is 1. The number of nitrogens with two attached hydrogens (primary N) is 1. The molecule has 138 valence electrons. The molecule has 11 heteroatoms. The van der Waals surface area contributed by atoms with Crippen LogP contribution >= 0.6 is 34.9 Å². The first-order valence-corrected chi connectivity index (χ1v) is 12.5. The predicted molar refractivity (Wildman–Crippen MR) is 111 cm³/mol. The lowest BCUT2D eigenvalue weighted by atomic mass is 10.2. The van der Waals surface area contributed by atoms with Crippen LogP contribution in [0.15, 0.2) is 33.9 Å². The number of hydrogen-bond donors (Lipinski definition) is 2. The number of fused-ring (bicyclic) bond motifs is 1. The molecule has 0 bridgehead atoms. The van der Waals surface area contributed by atoms with Crippen molar-refractivity contribution in [3.8, 4) is 0 Å². The van der Waals surface area contributed by atoms with Gasteiger partial charge in [-0.2, -0.15) is 0 Å². The van der Waals surface area contributed by atoms with Gasteiger partial charge in [0.1, 0.15) is 10.8 Å². The van der Waals surface area contributed by atoms with E-state index in [0.717, 1.165) is 32.8 Å². The number of nitrogens with one attached hydrogen (secondary N) is 1. The molecule has 3 heterocycles. The lowest BCUT2D eigenvalue weighted by molar-refractivity contribution is 0.607. The lowest BCUT2D eigenvalue weighted by Gasteiger charge is -2.05. The lowest BCUT2D eigenvalue weighted by Crippen LogP contribution is -2.09. The van der Waals surface area contributed by atoms with Gasteiger partial charge >= 0.3 is 0 Å². The Balaban J connectivity index is 1.71. The van der Waals surface area contributed by atoms with E-state index in [-0.39, 0.29) is 0 Å². The van der Waals surface area contributed by atoms with E-state index < -0.39 is 10.0 Å². The molecule has 0 saturated carbocycles. The Kier molecular flexibility index (Phi) is 5.90. The molecular formula is C15H17N5O2S4. The van der Waals surface area contributed by atoms with E-state index in [1.165, 1.54) is 34.9 Å². The number of nitrogens with zero attached hydrogens (tertiary/aromatic N) is 3. The zero-order chi connectivity index (χ0) is 18.7. The maximum atomic E-state index is 11.5. The Labute approximate surface area is 164 Å². The molecule has 0 aromatic carbocycles. The monoisotopic (exact) mass is 427 g/mol. The van der Waals surface area contributed by atoms with Gasteiger partial charge in [-0.05, 0) is 18.7 Å². The highest BCUT2D eigenvalue weighted by atomic mass is 32.2. The smallest absolute Gasteiger partial charge is 0.229 e. The number of sulfonamides is 1. The molecule has 0 aliphatic rings. The molecule has 3 aromatic heterocycles. The topological polar surface area (TPSA) is 111 Å². The third-order valence-electron chi connectivity index (χ3n) is 3.31. The van der Waals surface area contributed by atoms with Gasteiger partial charge in [-0.1, -0.05) is 11.8 Å². The Hall–Kier alpha value is -1.56. The van der Waals surface area contributed by atoms with Gasteiger partial charge in [0.05, 0.1) is 16.6 Å². The summed E-state index contributed by atoms with van der Waals surface area (Å²) in [4.78, 5) is 13.1. The van der Waals surface area contributed by atoms with Crippen molar-refractivity contribution in [2.45, 2.75) is 16.6 Å². The number of aromatic nitrogens is 3. The van der Waals surface area contributed by atoms with Gasteiger partial charge in [-0.3, -0.25) is 9.71 Å². The molecule has 0 atom stereocenters. The number of anilines is 2. The van der Waals surface area contributed by atoms with Crippen LogP contribution in [0.5, 0.6) is 0 Å². The molecular weight excluding hydrogens is 410 g/mol. The van der Waals surface area contributed by atoms with Crippen molar-refractivity contribution in [2.75, 3.05) is 28.7 Å². The van der Waals surface area contributed by atoms with Crippen LogP contribution in [0.1, 0.15) is 5.69 Å². The highest BCUT2D eigenvalue weighted by Crippen LogP contribution is 2.31. The van der Waals surface area contributed by atoms with Crippen molar-refractivity contribution in [2.24, 2.45) is 0 Å². The van der Waals surface area contributed by atoms with E-state index in [0.29, 0.717) is 23.1 Å². The van der Waals surface area contributed by atoms with E-state index in [4.69, 9.17) is 5.73 Å². The second-order valence-corrected chi connectivity index (χ2v) is 9.96. The van der Waals surface area contributed by atoms with Crippen molar-refractivity contribution in [1.82, 2.24) is 15.0 Å². The maximum absolute atomic E-state index is 11.5. The van der Waals surface area contributed by atoms with Crippen molar-refractivity contribution in [3.05, 3.63) is 29.4 Å². The summed E-state index contributed by atoms with van der Waals surface area (Å²) < 4.78 is 26.5. The number of hydrogen-bond acceptors (Lipinski definition) is 9. The molecule has 0 unspecified atom stereocenters. The number of thioether (sulfide) groups is 2. The first kappa shape index (κ1) is 19.2. The summed E-state index contributed by atoms with van der Waals surface area (Å²) in [6, 6.07) is 3.67. The van der Waals surface area contributed by atoms with Crippen LogP contribution in [-0.4, -0.2) is 41.6 Å². The molecule has 7 nitrogen and oxygen atoms in total. The molecule has 0 spiro atoms. The zero-order valence-electron chi connectivity index (χ0n) is 14.1. The highest BCUT2D eigenvalue weighted by molar-refractivity contribution is 7.99. The molecule has 0 aliphatic carbocycles. The number of rotatable bonds is 7. The SMILES string of the molecule is CSc1cc(N)nc(SCCc2cc3c(NS(C)(=O)=O)csc3cn2)n1. The first-order chi connectivity index (χ1) is 12.3. The minimum Gasteiger partial charge on any atom is -0.384 e. The van der Waals surface area contributed by atoms with Crippen molar-refractivity contribution in [3.63, 3.8) is 0 Å². The van der Waals surface area contributed by atoms with Crippen LogP contribution in [0.25, 0.3) is 10.1 Å².